The summed E-state index contributed by atoms with van der Waals surface area (Å²) in [5, 5.41) is 2.90. The number of carbonyl (C=O) groups excluding carboxylic acids is 2. The molecule has 0 saturated heterocycles. The molecule has 26 heavy (non-hydrogen) atoms. The van der Waals surface area contributed by atoms with Gasteiger partial charge in [0, 0.05) is 18.3 Å². The molecule has 0 radical (unpaired) electrons. The number of pyridine rings is 1. The summed E-state index contributed by atoms with van der Waals surface area (Å²) < 4.78 is 6.79. The lowest BCUT2D eigenvalue weighted by Crippen LogP contribution is -2.43. The summed E-state index contributed by atoms with van der Waals surface area (Å²) in [6.07, 6.45) is 4.16. The lowest BCUT2D eigenvalue weighted by Gasteiger charge is -2.20. The average molecular weight is 362 g/mol. The number of rotatable bonds is 7. The largest absolute Gasteiger partial charge is 0.466 e. The molecule has 144 valence electrons. The lowest BCUT2D eigenvalue weighted by molar-refractivity contribution is -0.148. The van der Waals surface area contributed by atoms with Gasteiger partial charge in [0.25, 0.3) is 11.5 Å². The van der Waals surface area contributed by atoms with E-state index in [2.05, 4.69) is 12.2 Å². The van der Waals surface area contributed by atoms with E-state index in [-0.39, 0.29) is 29.1 Å². The number of hydrogen-bond acceptors (Lipinski definition) is 4. The van der Waals surface area contributed by atoms with Crippen LogP contribution in [0.5, 0.6) is 0 Å². The maximum absolute atomic E-state index is 12.8. The van der Waals surface area contributed by atoms with E-state index in [0.29, 0.717) is 19.6 Å². The molecular formula is C20H30N2O4. The zero-order chi connectivity index (χ0) is 19.3. The first-order chi connectivity index (χ1) is 12.4. The van der Waals surface area contributed by atoms with Gasteiger partial charge in [-0.25, -0.2) is 0 Å². The number of amides is 1. The summed E-state index contributed by atoms with van der Waals surface area (Å²) >= 11 is 0. The van der Waals surface area contributed by atoms with E-state index >= 15 is 0 Å². The number of carbonyl (C=O) groups is 2. The van der Waals surface area contributed by atoms with Gasteiger partial charge >= 0.3 is 5.97 Å². The van der Waals surface area contributed by atoms with Crippen molar-refractivity contribution in [2.45, 2.75) is 72.4 Å². The molecule has 1 aliphatic rings. The summed E-state index contributed by atoms with van der Waals surface area (Å²) in [4.78, 5) is 37.6. The summed E-state index contributed by atoms with van der Waals surface area (Å²) in [6.45, 7) is 8.59. The highest BCUT2D eigenvalue weighted by Gasteiger charge is 2.35. The first kappa shape index (κ1) is 20.2. The van der Waals surface area contributed by atoms with Crippen LogP contribution < -0.4 is 10.9 Å². The van der Waals surface area contributed by atoms with E-state index in [0.717, 1.165) is 36.9 Å². The molecule has 6 nitrogen and oxygen atoms in total. The fraction of sp³-hybridized carbons (Fsp3) is 0.650. The molecule has 1 aromatic heterocycles. The number of hydrogen-bond donors (Lipinski definition) is 1. The van der Waals surface area contributed by atoms with Crippen LogP contribution in [-0.2, 0) is 16.1 Å². The molecule has 0 spiro atoms. The molecule has 0 bridgehead atoms. The van der Waals surface area contributed by atoms with Gasteiger partial charge < -0.3 is 14.6 Å². The fourth-order valence-electron chi connectivity index (χ4n) is 3.55. The van der Waals surface area contributed by atoms with Crippen LogP contribution in [0.2, 0.25) is 0 Å². The monoisotopic (exact) mass is 362 g/mol. The van der Waals surface area contributed by atoms with Crippen molar-refractivity contribution in [2.24, 2.45) is 5.92 Å². The van der Waals surface area contributed by atoms with Crippen LogP contribution in [0.4, 0.5) is 0 Å². The summed E-state index contributed by atoms with van der Waals surface area (Å²) in [5.74, 6) is -0.993. The summed E-state index contributed by atoms with van der Waals surface area (Å²) in [6, 6.07) is 1.38. The third-order valence-corrected chi connectivity index (χ3v) is 5.21. The molecule has 2 unspecified atom stereocenters. The minimum Gasteiger partial charge on any atom is -0.466 e. The molecule has 0 aliphatic heterocycles. The van der Waals surface area contributed by atoms with E-state index in [9.17, 15) is 14.4 Å². The quantitative estimate of drug-likeness (QED) is 0.757. The molecular weight excluding hydrogens is 332 g/mol. The third-order valence-electron chi connectivity index (χ3n) is 5.21. The van der Waals surface area contributed by atoms with Crippen LogP contribution in [0.25, 0.3) is 0 Å². The first-order valence-corrected chi connectivity index (χ1v) is 9.59. The van der Waals surface area contributed by atoms with Gasteiger partial charge in [-0.2, -0.15) is 0 Å². The predicted octanol–water partition coefficient (Wildman–Crippen LogP) is 2.73. The molecule has 1 fully saturated rings. The number of nitrogens with zero attached hydrogens (tertiary/aromatic N) is 1. The van der Waals surface area contributed by atoms with Crippen molar-refractivity contribution in [3.05, 3.63) is 33.2 Å². The molecule has 1 N–H and O–H groups in total. The molecule has 2 atom stereocenters. The van der Waals surface area contributed by atoms with Crippen LogP contribution in [0.3, 0.4) is 0 Å². The van der Waals surface area contributed by atoms with Crippen molar-refractivity contribution in [1.29, 1.82) is 0 Å². The SMILES string of the molecule is CCCCn1c(C)c(C)cc(C(=O)NC2CCCC2C(=O)OCC)c1=O. The van der Waals surface area contributed by atoms with E-state index in [1.54, 1.807) is 17.6 Å². The Morgan fingerprint density at radius 1 is 1.27 bits per heavy atom. The minimum absolute atomic E-state index is 0.152. The van der Waals surface area contributed by atoms with Gasteiger partial charge in [0.15, 0.2) is 0 Å². The van der Waals surface area contributed by atoms with Gasteiger partial charge in [-0.3, -0.25) is 14.4 Å². The number of unbranched alkanes of at least 4 members (excludes halogenated alkanes) is 1. The number of ether oxygens (including phenoxy) is 1. The van der Waals surface area contributed by atoms with Crippen LogP contribution in [0.1, 0.15) is 67.6 Å². The second-order valence-corrected chi connectivity index (χ2v) is 7.01. The van der Waals surface area contributed by atoms with Gasteiger partial charge in [0.05, 0.1) is 12.5 Å². The molecule has 6 heteroatoms. The Bertz CT molecular complexity index is 723. The van der Waals surface area contributed by atoms with Crippen molar-refractivity contribution in [3.8, 4) is 0 Å². The van der Waals surface area contributed by atoms with Crippen LogP contribution in [-0.4, -0.2) is 29.1 Å². The van der Waals surface area contributed by atoms with E-state index in [1.165, 1.54) is 0 Å². The highest BCUT2D eigenvalue weighted by Crippen LogP contribution is 2.27. The van der Waals surface area contributed by atoms with Gasteiger partial charge in [-0.15, -0.1) is 0 Å². The smallest absolute Gasteiger partial charge is 0.311 e. The Kier molecular flexibility index (Phi) is 7.00. The van der Waals surface area contributed by atoms with Crippen molar-refractivity contribution in [2.75, 3.05) is 6.61 Å². The third kappa shape index (κ3) is 4.34. The van der Waals surface area contributed by atoms with E-state index < -0.39 is 5.91 Å². The zero-order valence-corrected chi connectivity index (χ0v) is 16.3. The number of nitrogens with one attached hydrogen (secondary N) is 1. The fourth-order valence-corrected chi connectivity index (χ4v) is 3.55. The zero-order valence-electron chi connectivity index (χ0n) is 16.3. The topological polar surface area (TPSA) is 77.4 Å². The van der Waals surface area contributed by atoms with Crippen molar-refractivity contribution < 1.29 is 14.3 Å². The number of aryl methyl sites for hydroxylation is 1. The predicted molar refractivity (Wildman–Crippen MR) is 100 cm³/mol. The molecule has 1 saturated carbocycles. The average Bonchev–Trinajstić information content (AvgIpc) is 3.06. The standard InChI is InChI=1S/C20H30N2O4/c1-5-7-11-22-14(4)13(3)12-16(19(22)24)18(23)21-17-10-8-9-15(17)20(25)26-6-2/h12,15,17H,5-11H2,1-4H3,(H,21,23). The molecule has 1 aromatic rings. The summed E-state index contributed by atoms with van der Waals surface area (Å²) in [7, 11) is 0. The van der Waals surface area contributed by atoms with E-state index in [4.69, 9.17) is 4.74 Å². The van der Waals surface area contributed by atoms with Crippen LogP contribution in [0, 0.1) is 19.8 Å². The maximum Gasteiger partial charge on any atom is 0.311 e. The molecule has 0 aromatic carbocycles. The highest BCUT2D eigenvalue weighted by atomic mass is 16.5. The molecule has 1 amide bonds. The van der Waals surface area contributed by atoms with Crippen molar-refractivity contribution in [3.63, 3.8) is 0 Å². The molecule has 2 rings (SSSR count). The minimum atomic E-state index is -0.399. The van der Waals surface area contributed by atoms with Gasteiger partial charge in [-0.1, -0.05) is 19.8 Å². The second kappa shape index (κ2) is 9.01. The number of aromatic nitrogens is 1. The Balaban J connectivity index is 2.23. The highest BCUT2D eigenvalue weighted by molar-refractivity contribution is 5.94. The Hall–Kier alpha value is -2.11. The Labute approximate surface area is 154 Å². The van der Waals surface area contributed by atoms with Gasteiger partial charge in [0.2, 0.25) is 0 Å². The van der Waals surface area contributed by atoms with Crippen molar-refractivity contribution >= 4 is 11.9 Å². The van der Waals surface area contributed by atoms with Crippen LogP contribution >= 0.6 is 0 Å². The lowest BCUT2D eigenvalue weighted by atomic mass is 10.0. The normalized spacial score (nSPS) is 19.4. The van der Waals surface area contributed by atoms with Gasteiger partial charge in [0.1, 0.15) is 5.56 Å². The van der Waals surface area contributed by atoms with Crippen molar-refractivity contribution in [1.82, 2.24) is 9.88 Å². The summed E-state index contributed by atoms with van der Waals surface area (Å²) in [5.41, 5.74) is 1.70. The van der Waals surface area contributed by atoms with Gasteiger partial charge in [-0.05, 0) is 51.7 Å². The Morgan fingerprint density at radius 2 is 2.00 bits per heavy atom. The first-order valence-electron chi connectivity index (χ1n) is 9.59. The molecule has 1 aliphatic carbocycles. The second-order valence-electron chi connectivity index (χ2n) is 7.01. The molecule has 1 heterocycles. The Morgan fingerprint density at radius 3 is 2.65 bits per heavy atom. The van der Waals surface area contributed by atoms with E-state index in [1.807, 2.05) is 13.8 Å². The number of esters is 1. The maximum atomic E-state index is 12.8. The van der Waals surface area contributed by atoms with Crippen LogP contribution in [0.15, 0.2) is 10.9 Å².